The van der Waals surface area contributed by atoms with E-state index in [4.69, 9.17) is 5.73 Å². The van der Waals surface area contributed by atoms with Crippen LogP contribution in [0.5, 0.6) is 0 Å². The minimum absolute atomic E-state index is 0.449. The van der Waals surface area contributed by atoms with Gasteiger partial charge in [-0.25, -0.2) is 0 Å². The molecular formula is C16H28N2. The quantitative estimate of drug-likeness (QED) is 0.826. The van der Waals surface area contributed by atoms with E-state index in [1.54, 1.807) is 0 Å². The van der Waals surface area contributed by atoms with E-state index in [0.717, 1.165) is 6.54 Å². The smallest absolute Gasteiger partial charge is 0.0179 e. The SMILES string of the molecule is C=Cc1ccc(C)cc1.CC.CN1CCC(N)C1. The molecule has 102 valence electrons. The van der Waals surface area contributed by atoms with Crippen LogP contribution < -0.4 is 5.73 Å². The van der Waals surface area contributed by atoms with Crippen LogP contribution in [0.3, 0.4) is 0 Å². The van der Waals surface area contributed by atoms with Crippen LogP contribution in [0.25, 0.3) is 6.08 Å². The number of benzene rings is 1. The van der Waals surface area contributed by atoms with Crippen molar-refractivity contribution in [2.45, 2.75) is 33.2 Å². The van der Waals surface area contributed by atoms with E-state index in [2.05, 4.69) is 49.7 Å². The van der Waals surface area contributed by atoms with Gasteiger partial charge in [0.25, 0.3) is 0 Å². The zero-order valence-electron chi connectivity index (χ0n) is 12.3. The fraction of sp³-hybridized carbons (Fsp3) is 0.500. The average Bonchev–Trinajstić information content (AvgIpc) is 2.77. The topological polar surface area (TPSA) is 29.3 Å². The summed E-state index contributed by atoms with van der Waals surface area (Å²) in [6.07, 6.45) is 3.02. The first kappa shape index (κ1) is 16.9. The lowest BCUT2D eigenvalue weighted by atomic mass is 10.2. The molecule has 0 spiro atoms. The third-order valence-electron chi connectivity index (χ3n) is 2.74. The number of aryl methyl sites for hydroxylation is 1. The maximum absolute atomic E-state index is 5.58. The van der Waals surface area contributed by atoms with Crippen LogP contribution in [0, 0.1) is 6.92 Å². The number of hydrogen-bond acceptors (Lipinski definition) is 2. The van der Waals surface area contributed by atoms with Crippen LogP contribution in [0.15, 0.2) is 30.8 Å². The number of likely N-dealkylation sites (tertiary alicyclic amines) is 1. The highest BCUT2D eigenvalue weighted by Crippen LogP contribution is 2.03. The van der Waals surface area contributed by atoms with Gasteiger partial charge in [-0.2, -0.15) is 0 Å². The van der Waals surface area contributed by atoms with E-state index in [0.29, 0.717) is 6.04 Å². The number of nitrogens with two attached hydrogens (primary N) is 1. The summed E-state index contributed by atoms with van der Waals surface area (Å²) in [5.74, 6) is 0. The van der Waals surface area contributed by atoms with Gasteiger partial charge in [0.15, 0.2) is 0 Å². The maximum Gasteiger partial charge on any atom is 0.0179 e. The molecule has 2 heteroatoms. The van der Waals surface area contributed by atoms with E-state index in [9.17, 15) is 0 Å². The molecule has 1 aliphatic rings. The molecule has 0 saturated carbocycles. The highest BCUT2D eigenvalue weighted by atomic mass is 15.1. The summed E-state index contributed by atoms with van der Waals surface area (Å²) in [6, 6.07) is 8.73. The van der Waals surface area contributed by atoms with Crippen LogP contribution in [-0.2, 0) is 0 Å². The van der Waals surface area contributed by atoms with Gasteiger partial charge in [-0.3, -0.25) is 0 Å². The third kappa shape index (κ3) is 7.25. The molecule has 1 heterocycles. The Hall–Kier alpha value is -1.12. The van der Waals surface area contributed by atoms with Crippen molar-refractivity contribution in [3.63, 3.8) is 0 Å². The molecule has 1 aromatic carbocycles. The fourth-order valence-electron chi connectivity index (χ4n) is 1.67. The minimum Gasteiger partial charge on any atom is -0.326 e. The first-order valence-electron chi connectivity index (χ1n) is 6.75. The Kier molecular flexibility index (Phi) is 9.25. The molecule has 0 aromatic heterocycles. The fourth-order valence-corrected chi connectivity index (χ4v) is 1.67. The number of nitrogens with zero attached hydrogens (tertiary/aromatic N) is 1. The molecule has 1 aromatic rings. The van der Waals surface area contributed by atoms with E-state index < -0.39 is 0 Å². The van der Waals surface area contributed by atoms with Gasteiger partial charge < -0.3 is 10.6 Å². The van der Waals surface area contributed by atoms with Gasteiger partial charge in [-0.15, -0.1) is 0 Å². The Morgan fingerprint density at radius 3 is 2.11 bits per heavy atom. The highest BCUT2D eigenvalue weighted by Gasteiger charge is 2.13. The van der Waals surface area contributed by atoms with Crippen molar-refractivity contribution < 1.29 is 0 Å². The predicted octanol–water partition coefficient (Wildman–Crippen LogP) is 3.31. The molecule has 2 nitrogen and oxygen atoms in total. The molecule has 1 unspecified atom stereocenters. The van der Waals surface area contributed by atoms with Gasteiger partial charge in [0.1, 0.15) is 0 Å². The first-order valence-corrected chi connectivity index (χ1v) is 6.75. The second-order valence-corrected chi connectivity index (χ2v) is 4.43. The molecule has 0 bridgehead atoms. The second-order valence-electron chi connectivity index (χ2n) is 4.43. The number of rotatable bonds is 1. The molecule has 1 saturated heterocycles. The van der Waals surface area contributed by atoms with Crippen LogP contribution in [0.2, 0.25) is 0 Å². The Bertz CT molecular complexity index is 308. The van der Waals surface area contributed by atoms with Crippen molar-refractivity contribution in [3.05, 3.63) is 42.0 Å². The van der Waals surface area contributed by atoms with E-state index in [1.165, 1.54) is 24.1 Å². The average molecular weight is 248 g/mol. The molecule has 2 rings (SSSR count). The zero-order valence-corrected chi connectivity index (χ0v) is 12.3. The summed E-state index contributed by atoms with van der Waals surface area (Å²) in [7, 11) is 2.10. The summed E-state index contributed by atoms with van der Waals surface area (Å²) >= 11 is 0. The van der Waals surface area contributed by atoms with Crippen molar-refractivity contribution in [1.29, 1.82) is 0 Å². The van der Waals surface area contributed by atoms with Gasteiger partial charge >= 0.3 is 0 Å². The molecule has 0 aliphatic carbocycles. The Morgan fingerprint density at radius 2 is 1.83 bits per heavy atom. The van der Waals surface area contributed by atoms with Crippen molar-refractivity contribution in [1.82, 2.24) is 4.90 Å². The molecule has 1 fully saturated rings. The zero-order chi connectivity index (χ0) is 14.0. The van der Waals surface area contributed by atoms with Crippen molar-refractivity contribution >= 4 is 6.08 Å². The monoisotopic (exact) mass is 248 g/mol. The number of likely N-dealkylation sites (N-methyl/N-ethyl adjacent to an activating group) is 1. The standard InChI is InChI=1S/C9H10.C5H12N2.C2H6/c1-3-9-6-4-8(2)5-7-9;1-7-3-2-5(6)4-7;1-2/h3-7H,1H2,2H3;5H,2-4,6H2,1H3;1-2H3. The largest absolute Gasteiger partial charge is 0.326 e. The molecule has 0 radical (unpaired) electrons. The molecule has 0 amide bonds. The lowest BCUT2D eigenvalue weighted by Crippen LogP contribution is -2.23. The van der Waals surface area contributed by atoms with Gasteiger partial charge in [0.2, 0.25) is 0 Å². The van der Waals surface area contributed by atoms with E-state index in [-0.39, 0.29) is 0 Å². The van der Waals surface area contributed by atoms with Crippen LogP contribution in [0.1, 0.15) is 31.4 Å². The van der Waals surface area contributed by atoms with Crippen LogP contribution in [-0.4, -0.2) is 31.1 Å². The predicted molar refractivity (Wildman–Crippen MR) is 82.7 cm³/mol. The Balaban J connectivity index is 0.000000289. The summed E-state index contributed by atoms with van der Waals surface area (Å²) in [6.45, 7) is 12.0. The molecule has 18 heavy (non-hydrogen) atoms. The van der Waals surface area contributed by atoms with Gasteiger partial charge in [0, 0.05) is 12.6 Å². The molecular weight excluding hydrogens is 220 g/mol. The van der Waals surface area contributed by atoms with Gasteiger partial charge in [-0.05, 0) is 32.5 Å². The van der Waals surface area contributed by atoms with Crippen LogP contribution >= 0.6 is 0 Å². The summed E-state index contributed by atoms with van der Waals surface area (Å²) in [5, 5.41) is 0. The van der Waals surface area contributed by atoms with Gasteiger partial charge in [0.05, 0.1) is 0 Å². The first-order chi connectivity index (χ1) is 8.61. The van der Waals surface area contributed by atoms with Crippen LogP contribution in [0.4, 0.5) is 0 Å². The van der Waals surface area contributed by atoms with Crippen molar-refractivity contribution in [2.75, 3.05) is 20.1 Å². The second kappa shape index (κ2) is 9.86. The van der Waals surface area contributed by atoms with Gasteiger partial charge in [-0.1, -0.05) is 56.3 Å². The highest BCUT2D eigenvalue weighted by molar-refractivity contribution is 5.46. The lowest BCUT2D eigenvalue weighted by Gasteiger charge is -2.03. The molecule has 1 aliphatic heterocycles. The maximum atomic E-state index is 5.58. The molecule has 2 N–H and O–H groups in total. The Morgan fingerprint density at radius 1 is 1.28 bits per heavy atom. The Labute approximate surface area is 112 Å². The number of hydrogen-bond donors (Lipinski definition) is 1. The van der Waals surface area contributed by atoms with Crippen molar-refractivity contribution in [2.24, 2.45) is 5.73 Å². The minimum atomic E-state index is 0.449. The summed E-state index contributed by atoms with van der Waals surface area (Å²) in [4.78, 5) is 2.25. The van der Waals surface area contributed by atoms with E-state index >= 15 is 0 Å². The molecule has 1 atom stereocenters. The van der Waals surface area contributed by atoms with E-state index in [1.807, 2.05) is 19.9 Å². The normalized spacial score (nSPS) is 18.2. The van der Waals surface area contributed by atoms with Crippen molar-refractivity contribution in [3.8, 4) is 0 Å². The summed E-state index contributed by atoms with van der Waals surface area (Å²) in [5.41, 5.74) is 8.06. The lowest BCUT2D eigenvalue weighted by molar-refractivity contribution is 0.411. The summed E-state index contributed by atoms with van der Waals surface area (Å²) < 4.78 is 0. The third-order valence-corrected chi connectivity index (χ3v) is 2.74.